The zero-order valence-electron chi connectivity index (χ0n) is 11.6. The average Bonchev–Trinajstić information content (AvgIpc) is 2.25. The van der Waals surface area contributed by atoms with Crippen molar-refractivity contribution < 1.29 is 4.79 Å². The molecule has 0 radical (unpaired) electrons. The van der Waals surface area contributed by atoms with Crippen molar-refractivity contribution in [2.45, 2.75) is 33.2 Å². The first-order valence-corrected chi connectivity index (χ1v) is 6.15. The van der Waals surface area contributed by atoms with Crippen LogP contribution in [-0.2, 0) is 4.79 Å². The van der Waals surface area contributed by atoms with Crippen molar-refractivity contribution in [1.29, 1.82) is 0 Å². The Morgan fingerprint density at radius 2 is 1.83 bits per heavy atom. The Morgan fingerprint density at radius 3 is 2.33 bits per heavy atom. The zero-order chi connectivity index (χ0) is 13.8. The number of hydrogen-bond acceptors (Lipinski definition) is 3. The Labute approximate surface area is 109 Å². The molecule has 0 aliphatic rings. The second-order valence-corrected chi connectivity index (χ2v) is 5.39. The van der Waals surface area contributed by atoms with Gasteiger partial charge in [-0.2, -0.15) is 0 Å². The molecule has 0 fully saturated rings. The van der Waals surface area contributed by atoms with E-state index in [1.165, 1.54) is 0 Å². The summed E-state index contributed by atoms with van der Waals surface area (Å²) >= 11 is 0. The standard InChI is InChI=1S/C14H23N3O/c1-10-6-5-7-11(2)13(10)16-8-12(18)17-9-14(3,4)15/h5-7,16H,8-9,15H2,1-4H3,(H,17,18). The Hall–Kier alpha value is -1.55. The van der Waals surface area contributed by atoms with Gasteiger partial charge in [0.25, 0.3) is 0 Å². The van der Waals surface area contributed by atoms with Gasteiger partial charge in [0.15, 0.2) is 0 Å². The SMILES string of the molecule is Cc1cccc(C)c1NCC(=O)NCC(C)(C)N. The van der Waals surface area contributed by atoms with Crippen LogP contribution >= 0.6 is 0 Å². The number of amides is 1. The van der Waals surface area contributed by atoms with Crippen molar-refractivity contribution in [3.05, 3.63) is 29.3 Å². The summed E-state index contributed by atoms with van der Waals surface area (Å²) in [6.45, 7) is 8.55. The lowest BCUT2D eigenvalue weighted by atomic mass is 10.1. The quantitative estimate of drug-likeness (QED) is 0.742. The maximum Gasteiger partial charge on any atom is 0.239 e. The van der Waals surface area contributed by atoms with Gasteiger partial charge in [-0.1, -0.05) is 18.2 Å². The van der Waals surface area contributed by atoms with Crippen LogP contribution in [0, 0.1) is 13.8 Å². The molecule has 1 aromatic rings. The predicted molar refractivity (Wildman–Crippen MR) is 75.7 cm³/mol. The van der Waals surface area contributed by atoms with Gasteiger partial charge in [0.05, 0.1) is 6.54 Å². The predicted octanol–water partition coefficient (Wildman–Crippen LogP) is 1.57. The van der Waals surface area contributed by atoms with Crippen molar-refractivity contribution in [3.8, 4) is 0 Å². The van der Waals surface area contributed by atoms with Crippen LogP contribution < -0.4 is 16.4 Å². The maximum absolute atomic E-state index is 11.7. The van der Waals surface area contributed by atoms with Crippen LogP contribution in [-0.4, -0.2) is 24.5 Å². The first-order chi connectivity index (χ1) is 8.29. The molecular formula is C14H23N3O. The fourth-order valence-electron chi connectivity index (χ4n) is 1.65. The van der Waals surface area contributed by atoms with Gasteiger partial charge in [0.1, 0.15) is 0 Å². The lowest BCUT2D eigenvalue weighted by Crippen LogP contribution is -2.46. The molecule has 4 nitrogen and oxygen atoms in total. The average molecular weight is 249 g/mol. The molecule has 0 aliphatic heterocycles. The first kappa shape index (κ1) is 14.5. The van der Waals surface area contributed by atoms with E-state index in [4.69, 9.17) is 5.73 Å². The third-order valence-electron chi connectivity index (χ3n) is 2.65. The zero-order valence-corrected chi connectivity index (χ0v) is 11.6. The van der Waals surface area contributed by atoms with Crippen molar-refractivity contribution in [2.75, 3.05) is 18.4 Å². The van der Waals surface area contributed by atoms with Crippen LogP contribution in [0.2, 0.25) is 0 Å². The van der Waals surface area contributed by atoms with Crippen molar-refractivity contribution in [3.63, 3.8) is 0 Å². The minimum absolute atomic E-state index is 0.0452. The number of hydrogen-bond donors (Lipinski definition) is 3. The van der Waals surface area contributed by atoms with Crippen molar-refractivity contribution in [1.82, 2.24) is 5.32 Å². The first-order valence-electron chi connectivity index (χ1n) is 6.15. The summed E-state index contributed by atoms with van der Waals surface area (Å²) < 4.78 is 0. The highest BCUT2D eigenvalue weighted by molar-refractivity contribution is 5.81. The molecule has 0 aromatic heterocycles. The van der Waals surface area contributed by atoms with E-state index in [0.717, 1.165) is 16.8 Å². The molecule has 0 saturated heterocycles. The second-order valence-electron chi connectivity index (χ2n) is 5.39. The molecule has 0 atom stereocenters. The number of nitrogens with two attached hydrogens (primary N) is 1. The lowest BCUT2D eigenvalue weighted by Gasteiger charge is -2.19. The van der Waals surface area contributed by atoms with E-state index in [2.05, 4.69) is 10.6 Å². The highest BCUT2D eigenvalue weighted by Crippen LogP contribution is 2.18. The molecule has 1 amide bonds. The summed E-state index contributed by atoms with van der Waals surface area (Å²) in [5, 5.41) is 5.97. The largest absolute Gasteiger partial charge is 0.376 e. The third kappa shape index (κ3) is 4.75. The van der Waals surface area contributed by atoms with Gasteiger partial charge in [-0.05, 0) is 38.8 Å². The van der Waals surface area contributed by atoms with Gasteiger partial charge in [-0.15, -0.1) is 0 Å². The molecule has 0 heterocycles. The number of aryl methyl sites for hydroxylation is 2. The Morgan fingerprint density at radius 1 is 1.28 bits per heavy atom. The second kappa shape index (κ2) is 5.87. The van der Waals surface area contributed by atoms with E-state index in [1.54, 1.807) is 0 Å². The van der Waals surface area contributed by atoms with Gasteiger partial charge in [-0.3, -0.25) is 4.79 Å². The van der Waals surface area contributed by atoms with E-state index < -0.39 is 0 Å². The number of carbonyl (C=O) groups excluding carboxylic acids is 1. The molecule has 1 rings (SSSR count). The summed E-state index contributed by atoms with van der Waals surface area (Å²) in [6, 6.07) is 6.05. The molecule has 4 N–H and O–H groups in total. The number of nitrogens with one attached hydrogen (secondary N) is 2. The van der Waals surface area contributed by atoms with E-state index >= 15 is 0 Å². The van der Waals surface area contributed by atoms with E-state index in [1.807, 2.05) is 45.9 Å². The lowest BCUT2D eigenvalue weighted by molar-refractivity contribution is -0.119. The summed E-state index contributed by atoms with van der Waals surface area (Å²) in [6.07, 6.45) is 0. The van der Waals surface area contributed by atoms with Gasteiger partial charge >= 0.3 is 0 Å². The number of anilines is 1. The van der Waals surface area contributed by atoms with Crippen LogP contribution in [0.1, 0.15) is 25.0 Å². The van der Waals surface area contributed by atoms with Gasteiger partial charge < -0.3 is 16.4 Å². The van der Waals surface area contributed by atoms with Gasteiger partial charge in [0, 0.05) is 17.8 Å². The molecule has 1 aromatic carbocycles. The van der Waals surface area contributed by atoms with Crippen LogP contribution in [0.4, 0.5) is 5.69 Å². The summed E-state index contributed by atoms with van der Waals surface area (Å²) in [7, 11) is 0. The maximum atomic E-state index is 11.7. The minimum Gasteiger partial charge on any atom is -0.376 e. The fraction of sp³-hybridized carbons (Fsp3) is 0.500. The summed E-state index contributed by atoms with van der Waals surface area (Å²) in [5.74, 6) is -0.0452. The third-order valence-corrected chi connectivity index (χ3v) is 2.65. The number of benzene rings is 1. The Kier molecular flexibility index (Phi) is 4.73. The molecule has 4 heteroatoms. The minimum atomic E-state index is -0.381. The topological polar surface area (TPSA) is 67.2 Å². The summed E-state index contributed by atoms with van der Waals surface area (Å²) in [4.78, 5) is 11.7. The van der Waals surface area contributed by atoms with Crippen LogP contribution in [0.3, 0.4) is 0 Å². The molecule has 0 unspecified atom stereocenters. The highest BCUT2D eigenvalue weighted by Gasteiger charge is 2.12. The van der Waals surface area contributed by atoms with Crippen LogP contribution in [0.25, 0.3) is 0 Å². The smallest absolute Gasteiger partial charge is 0.239 e. The molecular weight excluding hydrogens is 226 g/mol. The Bertz CT molecular complexity index is 401. The molecule has 0 bridgehead atoms. The van der Waals surface area contributed by atoms with Crippen LogP contribution in [0.5, 0.6) is 0 Å². The van der Waals surface area contributed by atoms with E-state index in [-0.39, 0.29) is 18.0 Å². The van der Waals surface area contributed by atoms with Gasteiger partial charge in [0.2, 0.25) is 5.91 Å². The van der Waals surface area contributed by atoms with E-state index in [9.17, 15) is 4.79 Å². The van der Waals surface area contributed by atoms with E-state index in [0.29, 0.717) is 6.54 Å². The molecule has 100 valence electrons. The number of rotatable bonds is 5. The summed E-state index contributed by atoms with van der Waals surface area (Å²) in [5.41, 5.74) is 8.73. The molecule has 0 spiro atoms. The van der Waals surface area contributed by atoms with Crippen LogP contribution in [0.15, 0.2) is 18.2 Å². The Balaban J connectivity index is 2.48. The monoisotopic (exact) mass is 249 g/mol. The molecule has 18 heavy (non-hydrogen) atoms. The fourth-order valence-corrected chi connectivity index (χ4v) is 1.65. The number of carbonyl (C=O) groups is 1. The van der Waals surface area contributed by atoms with Crippen molar-refractivity contribution in [2.24, 2.45) is 5.73 Å². The van der Waals surface area contributed by atoms with Crippen molar-refractivity contribution >= 4 is 11.6 Å². The van der Waals surface area contributed by atoms with Gasteiger partial charge in [-0.25, -0.2) is 0 Å². The molecule has 0 saturated carbocycles. The number of para-hydroxylation sites is 1. The highest BCUT2D eigenvalue weighted by atomic mass is 16.1. The normalized spacial score (nSPS) is 11.2. The molecule has 0 aliphatic carbocycles.